The van der Waals surface area contributed by atoms with E-state index in [2.05, 4.69) is 4.72 Å². The number of aromatic carboxylic acids is 1. The first kappa shape index (κ1) is 18.1. The minimum absolute atomic E-state index is 0.0128. The first-order valence-corrected chi connectivity index (χ1v) is 9.61. The maximum absolute atomic E-state index is 12.6. The van der Waals surface area contributed by atoms with E-state index in [0.717, 1.165) is 12.0 Å². The molecule has 2 aromatic carbocycles. The highest BCUT2D eigenvalue weighted by molar-refractivity contribution is 7.92. The third-order valence-corrected chi connectivity index (χ3v) is 5.34. The molecular formula is C18H19NO6S. The van der Waals surface area contributed by atoms with Crippen LogP contribution in [0.1, 0.15) is 29.8 Å². The van der Waals surface area contributed by atoms with Gasteiger partial charge in [-0.15, -0.1) is 0 Å². The predicted molar refractivity (Wildman–Crippen MR) is 95.6 cm³/mol. The molecule has 1 aliphatic rings. The van der Waals surface area contributed by atoms with Crippen LogP contribution in [0.3, 0.4) is 0 Å². The normalized spacial score (nSPS) is 15.8. The average molecular weight is 377 g/mol. The summed E-state index contributed by atoms with van der Waals surface area (Å²) < 4.78 is 39.1. The van der Waals surface area contributed by atoms with Gasteiger partial charge in [-0.05, 0) is 44.2 Å². The molecule has 2 N–H and O–H groups in total. The first-order chi connectivity index (χ1) is 12.3. The lowest BCUT2D eigenvalue weighted by Crippen LogP contribution is -2.14. The second kappa shape index (κ2) is 6.87. The maximum Gasteiger partial charge on any atom is 0.335 e. The highest BCUT2D eigenvalue weighted by atomic mass is 32.2. The van der Waals surface area contributed by atoms with Crippen molar-refractivity contribution >= 4 is 21.7 Å². The quantitative estimate of drug-likeness (QED) is 0.803. The lowest BCUT2D eigenvalue weighted by molar-refractivity contribution is 0.0696. The van der Waals surface area contributed by atoms with Gasteiger partial charge in [-0.25, -0.2) is 13.2 Å². The van der Waals surface area contributed by atoms with Crippen LogP contribution in [0.5, 0.6) is 11.5 Å². The summed E-state index contributed by atoms with van der Waals surface area (Å²) in [7, 11) is -3.91. The van der Waals surface area contributed by atoms with Crippen LogP contribution < -0.4 is 14.2 Å². The largest absolute Gasteiger partial charge is 0.492 e. The molecule has 0 fully saturated rings. The summed E-state index contributed by atoms with van der Waals surface area (Å²) in [5.74, 6) is -0.0695. The molecule has 0 aromatic heterocycles. The summed E-state index contributed by atoms with van der Waals surface area (Å²) in [6.07, 6.45) is 0.758. The van der Waals surface area contributed by atoms with E-state index in [-0.39, 0.29) is 22.3 Å². The Hall–Kier alpha value is -2.74. The van der Waals surface area contributed by atoms with Crippen molar-refractivity contribution < 1.29 is 27.8 Å². The molecule has 0 saturated carbocycles. The molecule has 0 bridgehead atoms. The van der Waals surface area contributed by atoms with Crippen LogP contribution in [0.25, 0.3) is 0 Å². The third-order valence-electron chi connectivity index (χ3n) is 3.95. The summed E-state index contributed by atoms with van der Waals surface area (Å²) in [4.78, 5) is 10.9. The Morgan fingerprint density at radius 1 is 1.31 bits per heavy atom. The van der Waals surface area contributed by atoms with Crippen molar-refractivity contribution in [3.63, 3.8) is 0 Å². The van der Waals surface area contributed by atoms with Gasteiger partial charge in [0, 0.05) is 18.1 Å². The Balaban J connectivity index is 1.94. The van der Waals surface area contributed by atoms with Gasteiger partial charge in [-0.2, -0.15) is 0 Å². The van der Waals surface area contributed by atoms with Gasteiger partial charge in [0.25, 0.3) is 10.0 Å². The summed E-state index contributed by atoms with van der Waals surface area (Å²) in [5.41, 5.74) is 1.26. The SMILES string of the molecule is CCOc1cc2c(cc1NS(=O)(=O)c1ccc(C(=O)O)cc1)O[C@@H](C)C2. The molecule has 0 spiro atoms. The Kier molecular flexibility index (Phi) is 4.78. The number of hydrogen-bond acceptors (Lipinski definition) is 5. The number of carboxylic acids is 1. The predicted octanol–water partition coefficient (Wildman–Crippen LogP) is 2.91. The molecule has 138 valence electrons. The minimum Gasteiger partial charge on any atom is -0.492 e. The molecule has 3 rings (SSSR count). The Morgan fingerprint density at radius 2 is 2.00 bits per heavy atom. The van der Waals surface area contributed by atoms with Gasteiger partial charge < -0.3 is 14.6 Å². The standard InChI is InChI=1S/C18H19NO6S/c1-3-24-17-9-13-8-11(2)25-16(13)10-15(17)19-26(22,23)14-6-4-12(5-7-14)18(20)21/h4-7,9-11,19H,3,8H2,1-2H3,(H,20,21)/t11-/m0/s1. The number of sulfonamides is 1. The first-order valence-electron chi connectivity index (χ1n) is 8.12. The summed E-state index contributed by atoms with van der Waals surface area (Å²) in [6, 6.07) is 8.39. The molecule has 1 aliphatic heterocycles. The Bertz CT molecular complexity index is 937. The van der Waals surface area contributed by atoms with Crippen LogP contribution in [0.4, 0.5) is 5.69 Å². The van der Waals surface area contributed by atoms with E-state index in [1.807, 2.05) is 13.8 Å². The average Bonchev–Trinajstić information content (AvgIpc) is 2.94. The number of hydrogen-bond donors (Lipinski definition) is 2. The molecule has 0 amide bonds. The Labute approximate surface area is 151 Å². The number of fused-ring (bicyclic) bond motifs is 1. The van der Waals surface area contributed by atoms with Crippen LogP contribution in [0, 0.1) is 0 Å². The molecule has 0 saturated heterocycles. The molecule has 1 heterocycles. The van der Waals surface area contributed by atoms with Crippen molar-refractivity contribution in [1.29, 1.82) is 0 Å². The summed E-state index contributed by atoms with van der Waals surface area (Å²) in [5, 5.41) is 8.92. The zero-order valence-electron chi connectivity index (χ0n) is 14.4. The van der Waals surface area contributed by atoms with Crippen LogP contribution in [0.2, 0.25) is 0 Å². The molecule has 2 aromatic rings. The molecule has 26 heavy (non-hydrogen) atoms. The Morgan fingerprint density at radius 3 is 2.62 bits per heavy atom. The highest BCUT2D eigenvalue weighted by Gasteiger charge is 2.24. The van der Waals surface area contributed by atoms with Crippen molar-refractivity contribution in [3.05, 3.63) is 47.5 Å². The highest BCUT2D eigenvalue weighted by Crippen LogP contribution is 2.38. The number of carbonyl (C=O) groups is 1. The number of ether oxygens (including phenoxy) is 2. The van der Waals surface area contributed by atoms with Crippen molar-refractivity contribution in [2.24, 2.45) is 0 Å². The van der Waals surface area contributed by atoms with Gasteiger partial charge >= 0.3 is 5.97 Å². The topological polar surface area (TPSA) is 102 Å². The van der Waals surface area contributed by atoms with Crippen molar-refractivity contribution in [2.75, 3.05) is 11.3 Å². The van der Waals surface area contributed by atoms with Gasteiger partial charge in [0.05, 0.1) is 22.8 Å². The second-order valence-corrected chi connectivity index (χ2v) is 7.64. The van der Waals surface area contributed by atoms with Crippen LogP contribution >= 0.6 is 0 Å². The lowest BCUT2D eigenvalue weighted by atomic mass is 10.1. The molecular weight excluding hydrogens is 358 g/mol. The fourth-order valence-corrected chi connectivity index (χ4v) is 3.84. The monoisotopic (exact) mass is 377 g/mol. The fraction of sp³-hybridized carbons (Fsp3) is 0.278. The minimum atomic E-state index is -3.91. The van der Waals surface area contributed by atoms with E-state index >= 15 is 0 Å². The van der Waals surface area contributed by atoms with Gasteiger partial charge in [0.1, 0.15) is 17.6 Å². The third kappa shape index (κ3) is 3.60. The zero-order valence-corrected chi connectivity index (χ0v) is 15.2. The van der Waals surface area contributed by atoms with Gasteiger partial charge in [-0.1, -0.05) is 0 Å². The second-order valence-electron chi connectivity index (χ2n) is 5.96. The number of nitrogens with one attached hydrogen (secondary N) is 1. The van der Waals surface area contributed by atoms with Gasteiger partial charge in [0.15, 0.2) is 0 Å². The van der Waals surface area contributed by atoms with E-state index in [0.29, 0.717) is 18.1 Å². The number of anilines is 1. The van der Waals surface area contributed by atoms with Gasteiger partial charge in [-0.3, -0.25) is 4.72 Å². The van der Waals surface area contributed by atoms with E-state index < -0.39 is 16.0 Å². The maximum atomic E-state index is 12.6. The van der Waals surface area contributed by atoms with Crippen molar-refractivity contribution in [1.82, 2.24) is 0 Å². The lowest BCUT2D eigenvalue weighted by Gasteiger charge is -2.14. The summed E-state index contributed by atoms with van der Waals surface area (Å²) in [6.45, 7) is 4.14. The number of carboxylic acid groups (broad SMARTS) is 1. The van der Waals surface area contributed by atoms with E-state index in [1.54, 1.807) is 12.1 Å². The molecule has 0 aliphatic carbocycles. The number of rotatable bonds is 6. The smallest absolute Gasteiger partial charge is 0.335 e. The molecule has 1 atom stereocenters. The fourth-order valence-electron chi connectivity index (χ4n) is 2.77. The van der Waals surface area contributed by atoms with E-state index in [4.69, 9.17) is 14.6 Å². The molecule has 8 heteroatoms. The molecule has 0 radical (unpaired) electrons. The van der Waals surface area contributed by atoms with Crippen LogP contribution in [0.15, 0.2) is 41.3 Å². The van der Waals surface area contributed by atoms with E-state index in [9.17, 15) is 13.2 Å². The molecule has 7 nitrogen and oxygen atoms in total. The van der Waals surface area contributed by atoms with Gasteiger partial charge in [0.2, 0.25) is 0 Å². The van der Waals surface area contributed by atoms with Crippen LogP contribution in [-0.2, 0) is 16.4 Å². The molecule has 0 unspecified atom stereocenters. The van der Waals surface area contributed by atoms with E-state index in [1.165, 1.54) is 24.3 Å². The summed E-state index contributed by atoms with van der Waals surface area (Å²) >= 11 is 0. The van der Waals surface area contributed by atoms with Crippen LogP contribution in [-0.4, -0.2) is 32.2 Å². The zero-order chi connectivity index (χ0) is 18.9. The number of benzene rings is 2. The van der Waals surface area contributed by atoms with Crippen molar-refractivity contribution in [3.8, 4) is 11.5 Å². The van der Waals surface area contributed by atoms with Crippen molar-refractivity contribution in [2.45, 2.75) is 31.3 Å².